The summed E-state index contributed by atoms with van der Waals surface area (Å²) in [7, 11) is 0. The fourth-order valence-corrected chi connectivity index (χ4v) is 5.21. The van der Waals surface area contributed by atoms with E-state index >= 15 is 4.39 Å². The van der Waals surface area contributed by atoms with Gasteiger partial charge in [0, 0.05) is 43.3 Å². The maximum absolute atomic E-state index is 15.6. The van der Waals surface area contributed by atoms with Crippen molar-refractivity contribution in [3.8, 4) is 11.1 Å². The lowest BCUT2D eigenvalue weighted by atomic mass is 9.97. The van der Waals surface area contributed by atoms with E-state index in [4.69, 9.17) is 4.74 Å². The summed E-state index contributed by atoms with van der Waals surface area (Å²) in [5.41, 5.74) is 1.72. The molecule has 1 aliphatic rings. The summed E-state index contributed by atoms with van der Waals surface area (Å²) in [5.74, 6) is -1.14. The number of fused-ring (bicyclic) bond motifs is 2. The first-order chi connectivity index (χ1) is 17.9. The highest BCUT2D eigenvalue weighted by Gasteiger charge is 2.29. The Morgan fingerprint density at radius 2 is 1.74 bits per heavy atom. The third kappa shape index (κ3) is 4.77. The highest BCUT2D eigenvalue weighted by atomic mass is 19.1. The smallest absolute Gasteiger partial charge is 0.410 e. The number of hydrogen-bond donors (Lipinski definition) is 0. The molecule has 0 bridgehead atoms. The van der Waals surface area contributed by atoms with Crippen molar-refractivity contribution >= 4 is 22.5 Å². The predicted octanol–water partition coefficient (Wildman–Crippen LogP) is 6.04. The van der Waals surface area contributed by atoms with Crippen LogP contribution in [-0.4, -0.2) is 43.6 Å². The van der Waals surface area contributed by atoms with Crippen molar-refractivity contribution < 1.29 is 18.3 Å². The van der Waals surface area contributed by atoms with Crippen LogP contribution in [0, 0.1) is 18.6 Å². The molecule has 3 aromatic heterocycles. The normalized spacial score (nSPS) is 15.0. The molecule has 38 heavy (non-hydrogen) atoms. The fraction of sp³-hybridized carbons (Fsp3) is 0.414. The van der Waals surface area contributed by atoms with E-state index in [1.54, 1.807) is 39.3 Å². The number of carbonyl (C=O) groups excluding carboxylic acids is 1. The van der Waals surface area contributed by atoms with Gasteiger partial charge in [0.2, 0.25) is 0 Å². The summed E-state index contributed by atoms with van der Waals surface area (Å²) in [6.07, 6.45) is 6.59. The quantitative estimate of drug-likeness (QED) is 0.329. The molecule has 1 aromatic carbocycles. The van der Waals surface area contributed by atoms with Crippen molar-refractivity contribution in [2.75, 3.05) is 13.1 Å². The monoisotopic (exact) mass is 522 g/mol. The number of ether oxygens (including phenoxy) is 1. The number of imidazole rings is 1. The molecule has 0 spiro atoms. The van der Waals surface area contributed by atoms with Crippen LogP contribution in [0.5, 0.6) is 0 Å². The molecule has 0 aliphatic carbocycles. The molecule has 0 atom stereocenters. The first-order valence-electron chi connectivity index (χ1n) is 13.0. The molecular formula is C29H32F2N4O3. The molecule has 0 radical (unpaired) electrons. The van der Waals surface area contributed by atoms with E-state index in [2.05, 4.69) is 4.98 Å². The fourth-order valence-electron chi connectivity index (χ4n) is 5.21. The maximum atomic E-state index is 15.6. The number of nitrogens with zero attached hydrogens (tertiary/aromatic N) is 4. The van der Waals surface area contributed by atoms with Gasteiger partial charge in [0.05, 0.1) is 11.1 Å². The lowest BCUT2D eigenvalue weighted by Gasteiger charge is -2.34. The van der Waals surface area contributed by atoms with Crippen LogP contribution in [0.3, 0.4) is 0 Å². The van der Waals surface area contributed by atoms with Gasteiger partial charge in [-0.25, -0.2) is 18.6 Å². The van der Waals surface area contributed by atoms with E-state index in [0.29, 0.717) is 54.6 Å². The maximum Gasteiger partial charge on any atom is 0.410 e. The Hall–Kier alpha value is -3.75. The number of aryl methyl sites for hydroxylation is 2. The third-order valence-electron chi connectivity index (χ3n) is 7.03. The topological polar surface area (TPSA) is 68.8 Å². The molecule has 200 valence electrons. The Morgan fingerprint density at radius 1 is 1.05 bits per heavy atom. The summed E-state index contributed by atoms with van der Waals surface area (Å²) in [6.45, 7) is 10.1. The van der Waals surface area contributed by atoms with Crippen LogP contribution < -0.4 is 5.56 Å². The van der Waals surface area contributed by atoms with Crippen LogP contribution in [0.25, 0.3) is 27.5 Å². The van der Waals surface area contributed by atoms with E-state index < -0.39 is 22.8 Å². The molecule has 4 heterocycles. The minimum absolute atomic E-state index is 0.0303. The Bertz CT molecular complexity index is 1610. The number of rotatable bonds is 3. The number of aromatic nitrogens is 3. The summed E-state index contributed by atoms with van der Waals surface area (Å²) < 4.78 is 39.0. The van der Waals surface area contributed by atoms with E-state index in [9.17, 15) is 14.0 Å². The zero-order valence-corrected chi connectivity index (χ0v) is 22.3. The van der Waals surface area contributed by atoms with Gasteiger partial charge in [-0.2, -0.15) is 0 Å². The van der Waals surface area contributed by atoms with Gasteiger partial charge in [0.15, 0.2) is 11.5 Å². The van der Waals surface area contributed by atoms with Crippen molar-refractivity contribution in [1.29, 1.82) is 0 Å². The van der Waals surface area contributed by atoms with Crippen molar-refractivity contribution in [3.63, 3.8) is 0 Å². The third-order valence-corrected chi connectivity index (χ3v) is 7.03. The second-order valence-corrected chi connectivity index (χ2v) is 11.0. The number of piperidine rings is 1. The summed E-state index contributed by atoms with van der Waals surface area (Å²) in [5, 5.41) is 0.556. The minimum atomic E-state index is -0.639. The number of benzene rings is 1. The number of hydrogen-bond acceptors (Lipinski definition) is 4. The molecule has 0 N–H and O–H groups in total. The Balaban J connectivity index is 1.50. The van der Waals surface area contributed by atoms with Gasteiger partial charge < -0.3 is 18.6 Å². The first-order valence-corrected chi connectivity index (χ1v) is 13.0. The van der Waals surface area contributed by atoms with Gasteiger partial charge in [0.1, 0.15) is 11.4 Å². The molecule has 1 aliphatic heterocycles. The Morgan fingerprint density at radius 3 is 2.39 bits per heavy atom. The average Bonchev–Trinajstić information content (AvgIpc) is 3.24. The minimum Gasteiger partial charge on any atom is -0.444 e. The van der Waals surface area contributed by atoms with Crippen LogP contribution in [0.1, 0.15) is 57.8 Å². The zero-order valence-electron chi connectivity index (χ0n) is 22.3. The SMILES string of the molecule is CCc1cn(C2CCN(C(=O)OC(C)(C)C)CC2)c(=O)c2c(F)cc(-c3cc(F)c4nc(C)cn4c3)cc12. The molecule has 5 rings (SSSR count). The summed E-state index contributed by atoms with van der Waals surface area (Å²) >= 11 is 0. The van der Waals surface area contributed by atoms with E-state index in [1.165, 1.54) is 12.1 Å². The van der Waals surface area contributed by atoms with Crippen LogP contribution in [-0.2, 0) is 11.2 Å². The molecule has 4 aromatic rings. The van der Waals surface area contributed by atoms with Gasteiger partial charge in [0.25, 0.3) is 5.56 Å². The van der Waals surface area contributed by atoms with Crippen molar-refractivity contribution in [3.05, 3.63) is 70.0 Å². The van der Waals surface area contributed by atoms with E-state index in [-0.39, 0.29) is 23.2 Å². The summed E-state index contributed by atoms with van der Waals surface area (Å²) in [4.78, 5) is 31.8. The van der Waals surface area contributed by atoms with Gasteiger partial charge >= 0.3 is 6.09 Å². The van der Waals surface area contributed by atoms with Crippen LogP contribution in [0.15, 0.2) is 41.6 Å². The zero-order chi connectivity index (χ0) is 27.4. The number of carbonyl (C=O) groups is 1. The molecular weight excluding hydrogens is 490 g/mol. The van der Waals surface area contributed by atoms with Gasteiger partial charge in [-0.3, -0.25) is 4.79 Å². The average molecular weight is 523 g/mol. The van der Waals surface area contributed by atoms with Gasteiger partial charge in [-0.05, 0) is 81.7 Å². The Labute approximate surface area is 219 Å². The first kappa shape index (κ1) is 25.9. The van der Waals surface area contributed by atoms with Crippen LogP contribution >= 0.6 is 0 Å². The molecule has 0 unspecified atom stereocenters. The largest absolute Gasteiger partial charge is 0.444 e. The molecule has 1 saturated heterocycles. The second-order valence-electron chi connectivity index (χ2n) is 11.0. The predicted molar refractivity (Wildman–Crippen MR) is 143 cm³/mol. The number of pyridine rings is 2. The summed E-state index contributed by atoms with van der Waals surface area (Å²) in [6, 6.07) is 4.24. The van der Waals surface area contributed by atoms with Gasteiger partial charge in [-0.1, -0.05) is 6.92 Å². The Kier molecular flexibility index (Phi) is 6.49. The highest BCUT2D eigenvalue weighted by Crippen LogP contribution is 2.31. The second kappa shape index (κ2) is 9.53. The lowest BCUT2D eigenvalue weighted by Crippen LogP contribution is -2.43. The lowest BCUT2D eigenvalue weighted by molar-refractivity contribution is 0.0187. The van der Waals surface area contributed by atoms with Gasteiger partial charge in [-0.15, -0.1) is 0 Å². The van der Waals surface area contributed by atoms with Crippen molar-refractivity contribution in [2.45, 2.75) is 65.5 Å². The number of likely N-dealkylation sites (tertiary alicyclic amines) is 1. The van der Waals surface area contributed by atoms with Crippen molar-refractivity contribution in [2.24, 2.45) is 0 Å². The van der Waals surface area contributed by atoms with Crippen LogP contribution in [0.2, 0.25) is 0 Å². The highest BCUT2D eigenvalue weighted by molar-refractivity contribution is 5.90. The molecule has 0 saturated carbocycles. The van der Waals surface area contributed by atoms with Crippen molar-refractivity contribution in [1.82, 2.24) is 18.9 Å². The van der Waals surface area contributed by atoms with Crippen LogP contribution in [0.4, 0.5) is 13.6 Å². The standard InChI is InChI=1S/C29H32F2N4O3/c1-6-18-16-35(21-7-9-33(10-8-21)28(37)38-29(3,4)5)27(36)25-22(18)11-19(12-23(25)30)20-13-24(31)26-32-17(2)14-34(26)15-20/h11-16,21H,6-10H2,1-5H3. The number of amides is 1. The molecule has 7 nitrogen and oxygen atoms in total. The molecule has 1 fully saturated rings. The molecule has 9 heteroatoms. The van der Waals surface area contributed by atoms with E-state index in [1.807, 2.05) is 33.9 Å². The number of halogens is 2. The van der Waals surface area contributed by atoms with E-state index in [0.717, 1.165) is 5.56 Å². The molecule has 1 amide bonds.